The minimum atomic E-state index is -0.509. The highest BCUT2D eigenvalue weighted by atomic mass is 19.1. The number of imidazole rings is 1. The van der Waals surface area contributed by atoms with Crippen LogP contribution in [-0.2, 0) is 13.5 Å². The zero-order valence-electron chi connectivity index (χ0n) is 8.72. The summed E-state index contributed by atoms with van der Waals surface area (Å²) in [6.45, 7) is 0. The first kappa shape index (κ1) is 10.5. The lowest BCUT2D eigenvalue weighted by Gasteiger charge is -2.01. The maximum absolute atomic E-state index is 12.9. The van der Waals surface area contributed by atoms with Crippen molar-refractivity contribution >= 4 is 5.78 Å². The normalized spacial score (nSPS) is 10.4. The van der Waals surface area contributed by atoms with Crippen LogP contribution in [0.1, 0.15) is 16.2 Å². The Kier molecular flexibility index (Phi) is 2.76. The van der Waals surface area contributed by atoms with Crippen LogP contribution in [-0.4, -0.2) is 20.3 Å². The molecule has 0 saturated carbocycles. The zero-order chi connectivity index (χ0) is 11.5. The molecule has 0 fully saturated rings. The molecule has 0 aliphatic rings. The third kappa shape index (κ3) is 2.13. The van der Waals surface area contributed by atoms with E-state index in [9.17, 15) is 9.18 Å². The van der Waals surface area contributed by atoms with E-state index in [1.165, 1.54) is 12.3 Å². The van der Waals surface area contributed by atoms with Crippen LogP contribution >= 0.6 is 0 Å². The lowest BCUT2D eigenvalue weighted by Crippen LogP contribution is -2.08. The molecule has 5 heteroatoms. The van der Waals surface area contributed by atoms with Crippen molar-refractivity contribution in [2.24, 2.45) is 7.05 Å². The van der Waals surface area contributed by atoms with Crippen LogP contribution in [0.3, 0.4) is 0 Å². The maximum Gasteiger partial charge on any atom is 0.172 e. The van der Waals surface area contributed by atoms with Crippen molar-refractivity contribution in [1.82, 2.24) is 14.5 Å². The third-order valence-electron chi connectivity index (χ3n) is 2.27. The molecule has 4 nitrogen and oxygen atoms in total. The molecule has 16 heavy (non-hydrogen) atoms. The van der Waals surface area contributed by atoms with E-state index in [1.807, 2.05) is 0 Å². The van der Waals surface area contributed by atoms with Gasteiger partial charge in [0.25, 0.3) is 0 Å². The average molecular weight is 219 g/mol. The molecule has 2 aromatic rings. The van der Waals surface area contributed by atoms with Crippen molar-refractivity contribution in [3.63, 3.8) is 0 Å². The number of nitrogens with zero attached hydrogens (tertiary/aromatic N) is 3. The van der Waals surface area contributed by atoms with Crippen LogP contribution < -0.4 is 0 Å². The molecule has 2 heterocycles. The number of hydrogen-bond acceptors (Lipinski definition) is 3. The monoisotopic (exact) mass is 219 g/mol. The molecule has 0 spiro atoms. The number of halogens is 1. The van der Waals surface area contributed by atoms with Crippen LogP contribution in [0.5, 0.6) is 0 Å². The van der Waals surface area contributed by atoms with Gasteiger partial charge in [-0.15, -0.1) is 0 Å². The molecule has 82 valence electrons. The quantitative estimate of drug-likeness (QED) is 0.733. The van der Waals surface area contributed by atoms with Gasteiger partial charge in [0.2, 0.25) is 0 Å². The van der Waals surface area contributed by atoms with E-state index in [4.69, 9.17) is 0 Å². The van der Waals surface area contributed by atoms with E-state index in [0.29, 0.717) is 5.82 Å². The van der Waals surface area contributed by atoms with Gasteiger partial charge < -0.3 is 4.57 Å². The van der Waals surface area contributed by atoms with Gasteiger partial charge in [-0.2, -0.15) is 0 Å². The summed E-state index contributed by atoms with van der Waals surface area (Å²) >= 11 is 0. The molecule has 0 amide bonds. The molecule has 0 N–H and O–H groups in total. The second-order valence-electron chi connectivity index (χ2n) is 3.45. The lowest BCUT2D eigenvalue weighted by molar-refractivity contribution is 0.0989. The van der Waals surface area contributed by atoms with Gasteiger partial charge in [0.05, 0.1) is 12.6 Å². The Morgan fingerprint density at radius 3 is 2.94 bits per heavy atom. The lowest BCUT2D eigenvalue weighted by atomic mass is 10.1. The molecular weight excluding hydrogens is 209 g/mol. The number of Topliss-reactive ketones (excluding diaryl/α,β-unsaturated/α-hetero) is 1. The van der Waals surface area contributed by atoms with Crippen molar-refractivity contribution in [2.75, 3.05) is 0 Å². The van der Waals surface area contributed by atoms with E-state index in [2.05, 4.69) is 9.97 Å². The summed E-state index contributed by atoms with van der Waals surface area (Å²) in [6, 6.07) is 1.18. The minimum absolute atomic E-state index is 0.147. The van der Waals surface area contributed by atoms with Gasteiger partial charge in [-0.05, 0) is 6.07 Å². The standard InChI is InChI=1S/C11H10FN3O/c1-15-3-2-14-11(15)5-10(16)8-4-9(12)7-13-6-8/h2-4,6-7H,5H2,1H3. The smallest absolute Gasteiger partial charge is 0.172 e. The van der Waals surface area contributed by atoms with Gasteiger partial charge >= 0.3 is 0 Å². The molecule has 0 unspecified atom stereocenters. The van der Waals surface area contributed by atoms with E-state index in [-0.39, 0.29) is 17.8 Å². The van der Waals surface area contributed by atoms with E-state index >= 15 is 0 Å². The minimum Gasteiger partial charge on any atom is -0.338 e. The van der Waals surface area contributed by atoms with Crippen molar-refractivity contribution < 1.29 is 9.18 Å². The Bertz CT molecular complexity index is 521. The molecule has 0 saturated heterocycles. The van der Waals surface area contributed by atoms with Gasteiger partial charge in [-0.3, -0.25) is 9.78 Å². The number of ketones is 1. The van der Waals surface area contributed by atoms with Gasteiger partial charge in [-0.1, -0.05) is 0 Å². The summed E-state index contributed by atoms with van der Waals surface area (Å²) in [5.74, 6) is -0.0544. The fourth-order valence-corrected chi connectivity index (χ4v) is 1.38. The molecule has 0 radical (unpaired) electrons. The van der Waals surface area contributed by atoms with Crippen LogP contribution in [0, 0.1) is 5.82 Å². The fraction of sp³-hybridized carbons (Fsp3) is 0.182. The number of carbonyl (C=O) groups is 1. The number of aromatic nitrogens is 3. The Balaban J connectivity index is 2.18. The van der Waals surface area contributed by atoms with Crippen LogP contribution in [0.2, 0.25) is 0 Å². The van der Waals surface area contributed by atoms with E-state index in [0.717, 1.165) is 6.20 Å². The highest BCUT2D eigenvalue weighted by molar-refractivity contribution is 5.96. The highest BCUT2D eigenvalue weighted by Gasteiger charge is 2.11. The average Bonchev–Trinajstić information content (AvgIpc) is 2.64. The molecule has 0 atom stereocenters. The second-order valence-corrected chi connectivity index (χ2v) is 3.45. The predicted molar refractivity (Wildman–Crippen MR) is 55.4 cm³/mol. The summed E-state index contributed by atoms with van der Waals surface area (Å²) < 4.78 is 14.6. The molecule has 0 aliphatic carbocycles. The Hall–Kier alpha value is -2.04. The van der Waals surface area contributed by atoms with Crippen molar-refractivity contribution in [1.29, 1.82) is 0 Å². The summed E-state index contributed by atoms with van der Waals surface area (Å²) in [7, 11) is 1.80. The zero-order valence-corrected chi connectivity index (χ0v) is 8.72. The summed E-state index contributed by atoms with van der Waals surface area (Å²) in [5.41, 5.74) is 0.267. The first-order valence-corrected chi connectivity index (χ1v) is 4.77. The Labute approximate surface area is 91.8 Å². The van der Waals surface area contributed by atoms with E-state index < -0.39 is 5.82 Å². The summed E-state index contributed by atoms with van der Waals surface area (Å²) in [6.07, 6.45) is 5.94. The van der Waals surface area contributed by atoms with E-state index in [1.54, 1.807) is 24.0 Å². The Morgan fingerprint density at radius 2 is 2.31 bits per heavy atom. The van der Waals surface area contributed by atoms with Crippen molar-refractivity contribution in [3.8, 4) is 0 Å². The number of rotatable bonds is 3. The second kappa shape index (κ2) is 4.22. The number of carbonyl (C=O) groups excluding carboxylic acids is 1. The van der Waals surface area contributed by atoms with Gasteiger partial charge in [0.1, 0.15) is 11.6 Å². The topological polar surface area (TPSA) is 47.8 Å². The molecule has 2 aromatic heterocycles. The van der Waals surface area contributed by atoms with Crippen LogP contribution in [0.4, 0.5) is 4.39 Å². The third-order valence-corrected chi connectivity index (χ3v) is 2.27. The number of pyridine rings is 1. The molecule has 2 rings (SSSR count). The van der Waals surface area contributed by atoms with Crippen LogP contribution in [0.15, 0.2) is 30.9 Å². The number of hydrogen-bond donors (Lipinski definition) is 0. The summed E-state index contributed by atoms with van der Waals surface area (Å²) in [5, 5.41) is 0. The SMILES string of the molecule is Cn1ccnc1CC(=O)c1cncc(F)c1. The highest BCUT2D eigenvalue weighted by Crippen LogP contribution is 2.06. The molecular formula is C11H10FN3O. The van der Waals surface area contributed by atoms with Crippen LogP contribution in [0.25, 0.3) is 0 Å². The molecule has 0 aliphatic heterocycles. The molecule has 0 aromatic carbocycles. The largest absolute Gasteiger partial charge is 0.338 e. The summed E-state index contributed by atoms with van der Waals surface area (Å²) in [4.78, 5) is 19.4. The Morgan fingerprint density at radius 1 is 1.50 bits per heavy atom. The molecule has 0 bridgehead atoms. The fourth-order valence-electron chi connectivity index (χ4n) is 1.38. The maximum atomic E-state index is 12.9. The first-order chi connectivity index (χ1) is 7.66. The van der Waals surface area contributed by atoms with Crippen molar-refractivity contribution in [3.05, 3.63) is 48.1 Å². The number of aryl methyl sites for hydroxylation is 1. The van der Waals surface area contributed by atoms with Crippen molar-refractivity contribution in [2.45, 2.75) is 6.42 Å². The van der Waals surface area contributed by atoms with Gasteiger partial charge in [-0.25, -0.2) is 9.37 Å². The van der Waals surface area contributed by atoms with Gasteiger partial charge in [0, 0.05) is 31.2 Å². The van der Waals surface area contributed by atoms with Gasteiger partial charge in [0.15, 0.2) is 5.78 Å². The predicted octanol–water partition coefficient (Wildman–Crippen LogP) is 1.38. The first-order valence-electron chi connectivity index (χ1n) is 4.77.